The molecule has 3 heteroatoms. The monoisotopic (exact) mass is 171 g/mol. The minimum Gasteiger partial charge on any atom is -0.390 e. The van der Waals surface area contributed by atoms with Gasteiger partial charge in [0.25, 0.3) is 0 Å². The Labute approximate surface area is 73.1 Å². The predicted molar refractivity (Wildman–Crippen MR) is 46.0 cm³/mol. The van der Waals surface area contributed by atoms with Gasteiger partial charge in [0.1, 0.15) is 0 Å². The fourth-order valence-electron chi connectivity index (χ4n) is 1.84. The van der Waals surface area contributed by atoms with E-state index in [0.29, 0.717) is 6.10 Å². The smallest absolute Gasteiger partial charge is 0.0839 e. The van der Waals surface area contributed by atoms with E-state index >= 15 is 0 Å². The minimum absolute atomic E-state index is 0.117. The lowest BCUT2D eigenvalue weighted by Crippen LogP contribution is -2.51. The fourth-order valence-corrected chi connectivity index (χ4v) is 1.84. The Balaban J connectivity index is 1.76. The van der Waals surface area contributed by atoms with E-state index in [9.17, 15) is 5.11 Å². The van der Waals surface area contributed by atoms with Crippen LogP contribution in [0.1, 0.15) is 25.7 Å². The number of ether oxygens (including phenoxy) is 1. The van der Waals surface area contributed by atoms with Crippen molar-refractivity contribution in [2.75, 3.05) is 13.1 Å². The summed E-state index contributed by atoms with van der Waals surface area (Å²) in [7, 11) is 0. The minimum atomic E-state index is -0.209. The quantitative estimate of drug-likeness (QED) is 0.627. The average molecular weight is 171 g/mol. The van der Waals surface area contributed by atoms with Crippen molar-refractivity contribution in [1.82, 2.24) is 5.32 Å². The van der Waals surface area contributed by atoms with E-state index in [1.54, 1.807) is 0 Å². The van der Waals surface area contributed by atoms with Crippen LogP contribution in [0.5, 0.6) is 0 Å². The van der Waals surface area contributed by atoms with Crippen molar-refractivity contribution in [1.29, 1.82) is 0 Å². The van der Waals surface area contributed by atoms with Crippen molar-refractivity contribution in [3.8, 4) is 0 Å². The molecule has 0 unspecified atom stereocenters. The molecule has 1 heterocycles. The first kappa shape index (κ1) is 8.48. The summed E-state index contributed by atoms with van der Waals surface area (Å²) in [4.78, 5) is 0. The number of hydrogen-bond donors (Lipinski definition) is 2. The van der Waals surface area contributed by atoms with E-state index in [-0.39, 0.29) is 12.2 Å². The average Bonchev–Trinajstić information content (AvgIpc) is 2.00. The molecule has 2 fully saturated rings. The Hall–Kier alpha value is -0.120. The number of nitrogens with one attached hydrogen (secondary N) is 1. The van der Waals surface area contributed by atoms with Gasteiger partial charge in [-0.1, -0.05) is 12.8 Å². The molecule has 3 nitrogen and oxygen atoms in total. The first-order chi connectivity index (χ1) is 5.86. The molecule has 0 bridgehead atoms. The van der Waals surface area contributed by atoms with Crippen molar-refractivity contribution in [2.24, 2.45) is 0 Å². The molecule has 1 aliphatic heterocycles. The highest BCUT2D eigenvalue weighted by atomic mass is 16.5. The van der Waals surface area contributed by atoms with E-state index in [0.717, 1.165) is 32.4 Å². The Bertz CT molecular complexity index is 147. The van der Waals surface area contributed by atoms with E-state index in [1.165, 1.54) is 6.42 Å². The molecule has 0 radical (unpaired) electrons. The van der Waals surface area contributed by atoms with E-state index in [1.807, 2.05) is 0 Å². The van der Waals surface area contributed by atoms with Crippen LogP contribution in [0.4, 0.5) is 0 Å². The lowest BCUT2D eigenvalue weighted by atomic mass is 9.94. The maximum Gasteiger partial charge on any atom is 0.0839 e. The molecular formula is C9H17NO2. The largest absolute Gasteiger partial charge is 0.390 e. The molecule has 2 aliphatic rings. The zero-order chi connectivity index (χ0) is 8.39. The molecule has 0 spiro atoms. The standard InChI is InChI=1S/C9H17NO2/c11-8-3-1-2-4-9(8)12-7-5-10-6-7/h7-11H,1-6H2/t8-,9-/m1/s1. The topological polar surface area (TPSA) is 41.5 Å². The molecule has 1 saturated heterocycles. The summed E-state index contributed by atoms with van der Waals surface area (Å²) in [5.74, 6) is 0. The summed E-state index contributed by atoms with van der Waals surface area (Å²) in [6.07, 6.45) is 4.60. The highest BCUT2D eigenvalue weighted by Crippen LogP contribution is 2.22. The molecule has 0 aromatic heterocycles. The second-order valence-corrected chi connectivity index (χ2v) is 3.81. The van der Waals surface area contributed by atoms with E-state index < -0.39 is 0 Å². The van der Waals surface area contributed by atoms with Crippen LogP contribution >= 0.6 is 0 Å². The van der Waals surface area contributed by atoms with E-state index in [4.69, 9.17) is 4.74 Å². The second kappa shape index (κ2) is 3.73. The molecule has 0 aromatic carbocycles. The molecule has 70 valence electrons. The van der Waals surface area contributed by atoms with Crippen LogP contribution < -0.4 is 5.32 Å². The number of rotatable bonds is 2. The fraction of sp³-hybridized carbons (Fsp3) is 1.00. The van der Waals surface area contributed by atoms with Gasteiger partial charge in [-0.2, -0.15) is 0 Å². The van der Waals surface area contributed by atoms with Gasteiger partial charge in [0.15, 0.2) is 0 Å². The molecule has 2 N–H and O–H groups in total. The summed E-state index contributed by atoms with van der Waals surface area (Å²) in [5, 5.41) is 12.8. The van der Waals surface area contributed by atoms with Gasteiger partial charge < -0.3 is 15.2 Å². The molecule has 0 aromatic rings. The first-order valence-corrected chi connectivity index (χ1v) is 4.90. The van der Waals surface area contributed by atoms with Crippen LogP contribution in [0.3, 0.4) is 0 Å². The summed E-state index contributed by atoms with van der Waals surface area (Å²) in [6.45, 7) is 1.92. The molecule has 0 amide bonds. The Morgan fingerprint density at radius 3 is 2.50 bits per heavy atom. The zero-order valence-corrected chi connectivity index (χ0v) is 7.33. The van der Waals surface area contributed by atoms with E-state index in [2.05, 4.69) is 5.32 Å². The van der Waals surface area contributed by atoms with Crippen LogP contribution in [0, 0.1) is 0 Å². The Morgan fingerprint density at radius 1 is 1.17 bits per heavy atom. The molecule has 2 rings (SSSR count). The SMILES string of the molecule is O[C@@H]1CCCC[C@H]1OC1CNC1. The second-order valence-electron chi connectivity index (χ2n) is 3.81. The van der Waals surface area contributed by atoms with Crippen LogP contribution in [-0.4, -0.2) is 36.5 Å². The van der Waals surface area contributed by atoms with Gasteiger partial charge in [-0.15, -0.1) is 0 Å². The van der Waals surface area contributed by atoms with Gasteiger partial charge in [0.2, 0.25) is 0 Å². The Kier molecular flexibility index (Phi) is 2.63. The van der Waals surface area contributed by atoms with Gasteiger partial charge in [-0.3, -0.25) is 0 Å². The van der Waals surface area contributed by atoms with Crippen molar-refractivity contribution < 1.29 is 9.84 Å². The van der Waals surface area contributed by atoms with Crippen molar-refractivity contribution in [3.63, 3.8) is 0 Å². The number of aliphatic hydroxyl groups excluding tert-OH is 1. The van der Waals surface area contributed by atoms with Crippen molar-refractivity contribution >= 4 is 0 Å². The maximum absolute atomic E-state index is 9.59. The molecular weight excluding hydrogens is 154 g/mol. The highest BCUT2D eigenvalue weighted by molar-refractivity contribution is 4.81. The third-order valence-electron chi connectivity index (χ3n) is 2.78. The highest BCUT2D eigenvalue weighted by Gasteiger charge is 2.28. The molecule has 12 heavy (non-hydrogen) atoms. The van der Waals surface area contributed by atoms with Gasteiger partial charge >= 0.3 is 0 Å². The third kappa shape index (κ3) is 1.79. The maximum atomic E-state index is 9.59. The summed E-state index contributed by atoms with van der Waals surface area (Å²) < 4.78 is 5.73. The number of aliphatic hydroxyl groups is 1. The normalized spacial score (nSPS) is 37.8. The third-order valence-corrected chi connectivity index (χ3v) is 2.78. The summed E-state index contributed by atoms with van der Waals surface area (Å²) in [6, 6.07) is 0. The van der Waals surface area contributed by atoms with Gasteiger partial charge in [-0.25, -0.2) is 0 Å². The van der Waals surface area contributed by atoms with Gasteiger partial charge in [-0.05, 0) is 12.8 Å². The first-order valence-electron chi connectivity index (χ1n) is 4.90. The van der Waals surface area contributed by atoms with Crippen molar-refractivity contribution in [2.45, 2.75) is 44.0 Å². The predicted octanol–water partition coefficient (Wildman–Crippen LogP) is 0.278. The lowest BCUT2D eigenvalue weighted by molar-refractivity contribution is -0.107. The number of hydrogen-bond acceptors (Lipinski definition) is 3. The molecule has 1 aliphatic carbocycles. The van der Waals surface area contributed by atoms with Crippen LogP contribution in [0.25, 0.3) is 0 Å². The van der Waals surface area contributed by atoms with Gasteiger partial charge in [0.05, 0.1) is 18.3 Å². The van der Waals surface area contributed by atoms with Crippen LogP contribution in [-0.2, 0) is 4.74 Å². The van der Waals surface area contributed by atoms with Crippen LogP contribution in [0.15, 0.2) is 0 Å². The van der Waals surface area contributed by atoms with Crippen LogP contribution in [0.2, 0.25) is 0 Å². The summed E-state index contributed by atoms with van der Waals surface area (Å²) in [5.41, 5.74) is 0. The molecule has 1 saturated carbocycles. The molecule has 2 atom stereocenters. The van der Waals surface area contributed by atoms with Gasteiger partial charge in [0, 0.05) is 13.1 Å². The lowest BCUT2D eigenvalue weighted by Gasteiger charge is -2.35. The zero-order valence-electron chi connectivity index (χ0n) is 7.33. The van der Waals surface area contributed by atoms with Crippen molar-refractivity contribution in [3.05, 3.63) is 0 Å². The Morgan fingerprint density at radius 2 is 1.92 bits per heavy atom. The summed E-state index contributed by atoms with van der Waals surface area (Å²) >= 11 is 0.